The molecule has 1 aromatic rings. The molecule has 1 unspecified atom stereocenters. The van der Waals surface area contributed by atoms with Crippen LogP contribution in [0.25, 0.3) is 0 Å². The lowest BCUT2D eigenvalue weighted by atomic mass is 10.2. The summed E-state index contributed by atoms with van der Waals surface area (Å²) in [5.74, 6) is 0.436. The minimum Gasteiger partial charge on any atom is -0.461 e. The fourth-order valence-corrected chi connectivity index (χ4v) is 0.984. The van der Waals surface area contributed by atoms with Crippen molar-refractivity contribution < 1.29 is 9.21 Å². The Bertz CT molecular complexity index is 228. The number of hydrogen-bond acceptors (Lipinski definition) is 2. The van der Waals surface area contributed by atoms with Gasteiger partial charge >= 0.3 is 0 Å². The molecule has 0 amide bonds. The fourth-order valence-electron chi connectivity index (χ4n) is 0.759. The van der Waals surface area contributed by atoms with E-state index in [0.29, 0.717) is 5.76 Å². The number of carbonyl (C=O) groups is 1. The molecule has 0 fully saturated rings. The number of furan rings is 1. The predicted molar refractivity (Wildman–Crippen MR) is 46.0 cm³/mol. The molecule has 0 aliphatic heterocycles. The molecule has 0 aliphatic rings. The molecule has 0 aromatic carbocycles. The largest absolute Gasteiger partial charge is 0.461 e. The maximum atomic E-state index is 11.3. The Morgan fingerprint density at radius 3 is 3.00 bits per heavy atom. The fraction of sp³-hybridized carbons (Fsp3) is 0.375. The highest BCUT2D eigenvalue weighted by Gasteiger charge is 2.16. The lowest BCUT2D eigenvalue weighted by Gasteiger charge is -2.00. The van der Waals surface area contributed by atoms with Crippen LogP contribution >= 0.6 is 15.9 Å². The van der Waals surface area contributed by atoms with Gasteiger partial charge in [-0.15, -0.1) is 0 Å². The van der Waals surface area contributed by atoms with Gasteiger partial charge < -0.3 is 4.42 Å². The Hall–Kier alpha value is -0.570. The van der Waals surface area contributed by atoms with Crippen LogP contribution in [-0.2, 0) is 0 Å². The molecule has 1 aromatic heterocycles. The van der Waals surface area contributed by atoms with Gasteiger partial charge in [-0.05, 0) is 18.6 Å². The Labute approximate surface area is 73.7 Å². The van der Waals surface area contributed by atoms with E-state index in [2.05, 4.69) is 15.9 Å². The normalized spacial score (nSPS) is 12.9. The summed E-state index contributed by atoms with van der Waals surface area (Å²) in [6.07, 6.45) is 2.28. The topological polar surface area (TPSA) is 30.2 Å². The lowest BCUT2D eigenvalue weighted by Crippen LogP contribution is -2.11. The van der Waals surface area contributed by atoms with Crippen LogP contribution in [-0.4, -0.2) is 10.6 Å². The number of rotatable bonds is 3. The molecule has 0 N–H and O–H groups in total. The van der Waals surface area contributed by atoms with Gasteiger partial charge in [0.05, 0.1) is 11.1 Å². The van der Waals surface area contributed by atoms with Crippen LogP contribution in [0.2, 0.25) is 0 Å². The van der Waals surface area contributed by atoms with Gasteiger partial charge in [-0.25, -0.2) is 0 Å². The van der Waals surface area contributed by atoms with Crippen molar-refractivity contribution in [1.29, 1.82) is 0 Å². The molecule has 0 saturated heterocycles. The van der Waals surface area contributed by atoms with Crippen molar-refractivity contribution in [3.63, 3.8) is 0 Å². The average molecular weight is 217 g/mol. The summed E-state index contributed by atoms with van der Waals surface area (Å²) in [7, 11) is 0. The molecule has 1 heterocycles. The molecule has 0 bridgehead atoms. The van der Waals surface area contributed by atoms with E-state index >= 15 is 0 Å². The van der Waals surface area contributed by atoms with Crippen LogP contribution in [0.15, 0.2) is 22.8 Å². The molecular weight excluding hydrogens is 208 g/mol. The van der Waals surface area contributed by atoms with E-state index in [1.54, 1.807) is 12.1 Å². The number of alkyl halides is 1. The van der Waals surface area contributed by atoms with Crippen LogP contribution in [0.4, 0.5) is 0 Å². The summed E-state index contributed by atoms with van der Waals surface area (Å²) in [5.41, 5.74) is 0. The zero-order chi connectivity index (χ0) is 8.27. The standard InChI is InChI=1S/C8H9BrO2/c1-2-6(9)8(10)7-4-3-5-11-7/h3-6H,2H2,1H3. The number of carbonyl (C=O) groups excluding carboxylic acids is 1. The van der Waals surface area contributed by atoms with Gasteiger partial charge in [0.25, 0.3) is 0 Å². The van der Waals surface area contributed by atoms with E-state index in [4.69, 9.17) is 4.42 Å². The highest BCUT2D eigenvalue weighted by Crippen LogP contribution is 2.13. The van der Waals surface area contributed by atoms with E-state index in [1.807, 2.05) is 6.92 Å². The van der Waals surface area contributed by atoms with Gasteiger partial charge in [-0.1, -0.05) is 22.9 Å². The Balaban J connectivity index is 2.70. The second-order valence-electron chi connectivity index (χ2n) is 2.22. The first-order valence-electron chi connectivity index (χ1n) is 3.47. The van der Waals surface area contributed by atoms with Crippen molar-refractivity contribution in [3.05, 3.63) is 24.2 Å². The van der Waals surface area contributed by atoms with E-state index in [-0.39, 0.29) is 10.6 Å². The number of hydrogen-bond donors (Lipinski definition) is 0. The maximum Gasteiger partial charge on any atom is 0.211 e. The molecule has 1 rings (SSSR count). The van der Waals surface area contributed by atoms with Gasteiger partial charge in [-0.2, -0.15) is 0 Å². The van der Waals surface area contributed by atoms with Crippen LogP contribution in [0.3, 0.4) is 0 Å². The van der Waals surface area contributed by atoms with Crippen molar-refractivity contribution >= 4 is 21.7 Å². The van der Waals surface area contributed by atoms with Gasteiger partial charge in [0, 0.05) is 0 Å². The van der Waals surface area contributed by atoms with Crippen molar-refractivity contribution in [1.82, 2.24) is 0 Å². The van der Waals surface area contributed by atoms with E-state index in [1.165, 1.54) is 6.26 Å². The first-order valence-corrected chi connectivity index (χ1v) is 4.39. The predicted octanol–water partition coefficient (Wildman–Crippen LogP) is 2.64. The Morgan fingerprint density at radius 2 is 2.55 bits per heavy atom. The summed E-state index contributed by atoms with van der Waals surface area (Å²) >= 11 is 3.25. The summed E-state index contributed by atoms with van der Waals surface area (Å²) in [6, 6.07) is 3.38. The van der Waals surface area contributed by atoms with Gasteiger partial charge in [0.15, 0.2) is 5.76 Å². The Morgan fingerprint density at radius 1 is 1.82 bits per heavy atom. The first-order chi connectivity index (χ1) is 5.25. The molecule has 0 radical (unpaired) electrons. The first kappa shape index (κ1) is 8.53. The third-order valence-electron chi connectivity index (χ3n) is 1.41. The van der Waals surface area contributed by atoms with Crippen molar-refractivity contribution in [3.8, 4) is 0 Å². The van der Waals surface area contributed by atoms with Crippen molar-refractivity contribution in [2.45, 2.75) is 18.2 Å². The molecule has 0 saturated carbocycles. The molecule has 11 heavy (non-hydrogen) atoms. The average Bonchev–Trinajstić information content (AvgIpc) is 2.53. The lowest BCUT2D eigenvalue weighted by molar-refractivity contribution is 0.0963. The minimum atomic E-state index is -0.117. The number of halogens is 1. The molecular formula is C8H9BrO2. The maximum absolute atomic E-state index is 11.3. The number of Topliss-reactive ketones (excluding diaryl/α,β-unsaturated/α-hetero) is 1. The highest BCUT2D eigenvalue weighted by atomic mass is 79.9. The molecule has 2 nitrogen and oxygen atoms in total. The second-order valence-corrected chi connectivity index (χ2v) is 3.32. The van der Waals surface area contributed by atoms with Crippen LogP contribution in [0.5, 0.6) is 0 Å². The highest BCUT2D eigenvalue weighted by molar-refractivity contribution is 9.10. The van der Waals surface area contributed by atoms with Crippen LogP contribution < -0.4 is 0 Å². The van der Waals surface area contributed by atoms with Crippen molar-refractivity contribution in [2.24, 2.45) is 0 Å². The summed E-state index contributed by atoms with van der Waals surface area (Å²) in [4.78, 5) is 11.2. The quantitative estimate of drug-likeness (QED) is 0.575. The second kappa shape index (κ2) is 3.72. The van der Waals surface area contributed by atoms with Gasteiger partial charge in [0.2, 0.25) is 5.78 Å². The number of ketones is 1. The van der Waals surface area contributed by atoms with Gasteiger partial charge in [-0.3, -0.25) is 4.79 Å². The SMILES string of the molecule is CCC(Br)C(=O)c1ccco1. The molecule has 0 spiro atoms. The van der Waals surface area contributed by atoms with E-state index < -0.39 is 0 Å². The zero-order valence-corrected chi connectivity index (χ0v) is 7.80. The van der Waals surface area contributed by atoms with Crippen LogP contribution in [0, 0.1) is 0 Å². The van der Waals surface area contributed by atoms with Crippen LogP contribution in [0.1, 0.15) is 23.9 Å². The molecule has 3 heteroatoms. The third-order valence-corrected chi connectivity index (χ3v) is 2.47. The molecule has 0 aliphatic carbocycles. The van der Waals surface area contributed by atoms with E-state index in [9.17, 15) is 4.79 Å². The summed E-state index contributed by atoms with van der Waals surface area (Å²) in [5, 5.41) is 0. The summed E-state index contributed by atoms with van der Waals surface area (Å²) < 4.78 is 4.94. The molecule has 60 valence electrons. The van der Waals surface area contributed by atoms with Gasteiger partial charge in [0.1, 0.15) is 0 Å². The smallest absolute Gasteiger partial charge is 0.211 e. The third kappa shape index (κ3) is 1.93. The monoisotopic (exact) mass is 216 g/mol. The van der Waals surface area contributed by atoms with E-state index in [0.717, 1.165) is 6.42 Å². The zero-order valence-electron chi connectivity index (χ0n) is 6.21. The Kier molecular flexibility index (Phi) is 2.88. The summed E-state index contributed by atoms with van der Waals surface area (Å²) in [6.45, 7) is 1.94. The van der Waals surface area contributed by atoms with Crippen molar-refractivity contribution in [2.75, 3.05) is 0 Å². The minimum absolute atomic E-state index is 0.0116. The molecule has 1 atom stereocenters.